The van der Waals surface area contributed by atoms with E-state index in [0.29, 0.717) is 18.0 Å². The van der Waals surface area contributed by atoms with Gasteiger partial charge in [-0.1, -0.05) is 11.2 Å². The molecule has 138 valence electrons. The number of likely N-dealkylation sites (tertiary alicyclic amines) is 1. The Labute approximate surface area is 151 Å². The van der Waals surface area contributed by atoms with E-state index in [9.17, 15) is 13.2 Å². The van der Waals surface area contributed by atoms with Crippen LogP contribution in [0.3, 0.4) is 0 Å². The zero-order chi connectivity index (χ0) is 18.4. The molecule has 0 bridgehead atoms. The van der Waals surface area contributed by atoms with E-state index >= 15 is 0 Å². The van der Waals surface area contributed by atoms with Crippen LogP contribution >= 0.6 is 0 Å². The van der Waals surface area contributed by atoms with Gasteiger partial charge in [0.2, 0.25) is 11.6 Å². The third kappa shape index (κ3) is 2.66. The van der Waals surface area contributed by atoms with Crippen molar-refractivity contribution in [2.45, 2.75) is 18.1 Å². The van der Waals surface area contributed by atoms with Crippen molar-refractivity contribution in [1.29, 1.82) is 0 Å². The first-order valence-electron chi connectivity index (χ1n) is 8.40. The molecule has 0 saturated carbocycles. The molecule has 0 unspecified atom stereocenters. The minimum atomic E-state index is -3.29. The third-order valence-electron chi connectivity index (χ3n) is 5.21. The highest BCUT2D eigenvalue weighted by Crippen LogP contribution is 2.45. The molecule has 9 heteroatoms. The van der Waals surface area contributed by atoms with Crippen molar-refractivity contribution in [2.24, 2.45) is 5.92 Å². The Balaban J connectivity index is 1.47. The van der Waals surface area contributed by atoms with Gasteiger partial charge < -0.3 is 14.2 Å². The Kier molecular flexibility index (Phi) is 3.98. The lowest BCUT2D eigenvalue weighted by atomic mass is 9.83. The maximum Gasteiger partial charge on any atom is 0.292 e. The number of amides is 1. The molecule has 2 aliphatic heterocycles. The number of hydrogen-bond donors (Lipinski definition) is 0. The molecule has 2 fully saturated rings. The maximum atomic E-state index is 12.7. The first-order chi connectivity index (χ1) is 12.4. The van der Waals surface area contributed by atoms with Crippen molar-refractivity contribution in [2.75, 3.05) is 25.4 Å². The summed E-state index contributed by atoms with van der Waals surface area (Å²) in [4.78, 5) is 18.0. The lowest BCUT2D eigenvalue weighted by Gasteiger charge is -2.49. The number of rotatable bonds is 4. The van der Waals surface area contributed by atoms with Gasteiger partial charge in [0.1, 0.15) is 4.75 Å². The molecule has 0 radical (unpaired) electrons. The van der Waals surface area contributed by atoms with Gasteiger partial charge in [0.15, 0.2) is 9.84 Å². The quantitative estimate of drug-likeness (QED) is 0.786. The highest BCUT2D eigenvalue weighted by atomic mass is 32.2. The standard InChI is InChI=1S/C17H19N3O5S/c1-12-8-14(25-19-12)16(21)20-10-17(11-20)13(5-7-26(17,22)23)9-24-15-4-2-3-6-18-15/h2-4,6,8,13H,5,7,9-11H2,1H3/t13-/m1/s1. The molecule has 2 saturated heterocycles. The van der Waals surface area contributed by atoms with Crippen LogP contribution < -0.4 is 4.74 Å². The summed E-state index contributed by atoms with van der Waals surface area (Å²) >= 11 is 0. The van der Waals surface area contributed by atoms with Crippen LogP contribution in [0.1, 0.15) is 22.7 Å². The third-order valence-corrected chi connectivity index (χ3v) is 7.82. The molecule has 2 aliphatic rings. The summed E-state index contributed by atoms with van der Waals surface area (Å²) in [7, 11) is -3.29. The van der Waals surface area contributed by atoms with E-state index in [0.717, 1.165) is 0 Å². The fourth-order valence-electron chi connectivity index (χ4n) is 3.69. The number of nitrogens with zero attached hydrogens (tertiary/aromatic N) is 3. The minimum Gasteiger partial charge on any atom is -0.477 e. The number of aromatic nitrogens is 2. The summed E-state index contributed by atoms with van der Waals surface area (Å²) in [6.45, 7) is 2.30. The predicted molar refractivity (Wildman–Crippen MR) is 91.5 cm³/mol. The van der Waals surface area contributed by atoms with Gasteiger partial charge in [0, 0.05) is 37.3 Å². The summed E-state index contributed by atoms with van der Waals surface area (Å²) in [5.74, 6) is 0.218. The van der Waals surface area contributed by atoms with E-state index in [4.69, 9.17) is 9.26 Å². The summed E-state index contributed by atoms with van der Waals surface area (Å²) in [5, 5.41) is 3.71. The number of sulfone groups is 1. The lowest BCUT2D eigenvalue weighted by Crippen LogP contribution is -2.68. The smallest absolute Gasteiger partial charge is 0.292 e. The summed E-state index contributed by atoms with van der Waals surface area (Å²) < 4.78 is 35.1. The average molecular weight is 377 g/mol. The van der Waals surface area contributed by atoms with E-state index in [1.807, 2.05) is 6.07 Å². The molecule has 2 aromatic heterocycles. The van der Waals surface area contributed by atoms with E-state index in [1.54, 1.807) is 31.3 Å². The van der Waals surface area contributed by atoms with Gasteiger partial charge in [-0.15, -0.1) is 0 Å². The first-order valence-corrected chi connectivity index (χ1v) is 10.1. The Morgan fingerprint density at radius 3 is 2.88 bits per heavy atom. The van der Waals surface area contributed by atoms with Gasteiger partial charge in [0.05, 0.1) is 18.1 Å². The molecule has 1 atom stereocenters. The van der Waals surface area contributed by atoms with Gasteiger partial charge in [-0.25, -0.2) is 13.4 Å². The largest absolute Gasteiger partial charge is 0.477 e. The van der Waals surface area contributed by atoms with Gasteiger partial charge in [-0.2, -0.15) is 0 Å². The predicted octanol–water partition coefficient (Wildman–Crippen LogP) is 1.09. The normalized spacial score (nSPS) is 23.0. The number of carbonyl (C=O) groups excluding carboxylic acids is 1. The topological polar surface area (TPSA) is 103 Å². The number of carbonyl (C=O) groups is 1. The molecule has 2 aromatic rings. The van der Waals surface area contributed by atoms with Crippen LogP contribution in [0.25, 0.3) is 0 Å². The zero-order valence-corrected chi connectivity index (χ0v) is 15.1. The molecule has 1 amide bonds. The lowest BCUT2D eigenvalue weighted by molar-refractivity contribution is 0.0371. The van der Waals surface area contributed by atoms with E-state index in [1.165, 1.54) is 4.90 Å². The first kappa shape index (κ1) is 17.0. The Morgan fingerprint density at radius 2 is 2.23 bits per heavy atom. The van der Waals surface area contributed by atoms with Crippen LogP contribution in [0, 0.1) is 12.8 Å². The van der Waals surface area contributed by atoms with Crippen LogP contribution in [0.5, 0.6) is 5.88 Å². The molecule has 0 aromatic carbocycles. The fraction of sp³-hybridized carbons (Fsp3) is 0.471. The van der Waals surface area contributed by atoms with Gasteiger partial charge >= 0.3 is 0 Å². The van der Waals surface area contributed by atoms with Gasteiger partial charge in [-0.3, -0.25) is 4.79 Å². The molecule has 0 N–H and O–H groups in total. The Morgan fingerprint density at radius 1 is 1.42 bits per heavy atom. The van der Waals surface area contributed by atoms with Gasteiger partial charge in [-0.05, 0) is 19.4 Å². The van der Waals surface area contributed by atoms with E-state index in [2.05, 4.69) is 10.1 Å². The molecule has 4 heterocycles. The number of pyridine rings is 1. The van der Waals surface area contributed by atoms with Crippen LogP contribution in [0.15, 0.2) is 35.0 Å². The van der Waals surface area contributed by atoms with Crippen molar-refractivity contribution < 1.29 is 22.5 Å². The van der Waals surface area contributed by atoms with E-state index in [-0.39, 0.29) is 43.0 Å². The SMILES string of the molecule is Cc1cc(C(=O)N2CC3(C2)[C@@H](COc2ccccn2)CCS3(=O)=O)on1. The Hall–Kier alpha value is -2.42. The molecular weight excluding hydrogens is 358 g/mol. The second-order valence-corrected chi connectivity index (χ2v) is 9.29. The number of aryl methyl sites for hydroxylation is 1. The fourth-order valence-corrected chi connectivity index (χ4v) is 6.09. The van der Waals surface area contributed by atoms with E-state index < -0.39 is 14.6 Å². The van der Waals surface area contributed by atoms with Crippen molar-refractivity contribution in [1.82, 2.24) is 15.0 Å². The van der Waals surface area contributed by atoms with Crippen LogP contribution in [-0.4, -0.2) is 59.6 Å². The summed E-state index contributed by atoms with van der Waals surface area (Å²) in [6.07, 6.45) is 2.15. The Bertz CT molecular complexity index is 919. The number of hydrogen-bond acceptors (Lipinski definition) is 7. The molecular formula is C17H19N3O5S. The zero-order valence-electron chi connectivity index (χ0n) is 14.3. The molecule has 26 heavy (non-hydrogen) atoms. The number of ether oxygens (including phenoxy) is 1. The minimum absolute atomic E-state index is 0.118. The highest BCUT2D eigenvalue weighted by Gasteiger charge is 2.63. The second kappa shape index (κ2) is 6.08. The summed E-state index contributed by atoms with van der Waals surface area (Å²) in [5.41, 5.74) is 0.610. The van der Waals surface area contributed by atoms with Crippen LogP contribution in [-0.2, 0) is 9.84 Å². The monoisotopic (exact) mass is 377 g/mol. The molecule has 1 spiro atoms. The maximum absolute atomic E-state index is 12.7. The van der Waals surface area contributed by atoms with Crippen molar-refractivity contribution in [3.05, 3.63) is 41.9 Å². The highest BCUT2D eigenvalue weighted by molar-refractivity contribution is 7.93. The average Bonchev–Trinajstić information content (AvgIpc) is 3.13. The van der Waals surface area contributed by atoms with Crippen molar-refractivity contribution in [3.63, 3.8) is 0 Å². The van der Waals surface area contributed by atoms with Gasteiger partial charge in [0.25, 0.3) is 5.91 Å². The molecule has 8 nitrogen and oxygen atoms in total. The van der Waals surface area contributed by atoms with Crippen molar-refractivity contribution in [3.8, 4) is 5.88 Å². The van der Waals surface area contributed by atoms with Crippen LogP contribution in [0.2, 0.25) is 0 Å². The summed E-state index contributed by atoms with van der Waals surface area (Å²) in [6, 6.07) is 6.89. The second-order valence-electron chi connectivity index (χ2n) is 6.84. The van der Waals surface area contributed by atoms with Crippen molar-refractivity contribution >= 4 is 15.7 Å². The van der Waals surface area contributed by atoms with Crippen LogP contribution in [0.4, 0.5) is 0 Å². The molecule has 4 rings (SSSR count). The molecule has 0 aliphatic carbocycles.